The summed E-state index contributed by atoms with van der Waals surface area (Å²) in [4.78, 5) is 8.28. The Hall–Kier alpha value is -1.62. The van der Waals surface area contributed by atoms with Crippen LogP contribution in [-0.2, 0) is 19.6 Å². The van der Waals surface area contributed by atoms with Gasteiger partial charge >= 0.3 is 0 Å². The van der Waals surface area contributed by atoms with Crippen LogP contribution in [0.15, 0.2) is 31.2 Å². The molecule has 0 aliphatic heterocycles. The van der Waals surface area contributed by atoms with Crippen molar-refractivity contribution >= 4 is 0 Å². The molecule has 0 atom stereocenters. The highest BCUT2D eigenvalue weighted by Crippen LogP contribution is 2.03. The highest BCUT2D eigenvalue weighted by molar-refractivity contribution is 4.97. The Kier molecular flexibility index (Phi) is 5.62. The maximum atomic E-state index is 4.24. The molecule has 2 heterocycles. The number of hydrogen-bond acceptors (Lipinski definition) is 3. The minimum Gasteiger partial charge on any atom is -0.337 e. The molecule has 2 aromatic heterocycles. The zero-order valence-electron chi connectivity index (χ0n) is 11.6. The number of rotatable bonds is 9. The molecule has 0 unspecified atom stereocenters. The standard InChI is InChI=1S/C14H23N5/c1-2-5-15-10-14-11-17-13-19(14)8-4-3-7-18-9-6-16-12-18/h6,9,11-13,15H,2-5,7-8,10H2,1H3. The van der Waals surface area contributed by atoms with Gasteiger partial charge in [0.15, 0.2) is 0 Å². The van der Waals surface area contributed by atoms with Gasteiger partial charge in [0.05, 0.1) is 18.3 Å². The van der Waals surface area contributed by atoms with E-state index in [4.69, 9.17) is 0 Å². The van der Waals surface area contributed by atoms with E-state index in [9.17, 15) is 0 Å². The number of nitrogens with one attached hydrogen (secondary N) is 1. The van der Waals surface area contributed by atoms with Crippen molar-refractivity contribution in [3.8, 4) is 0 Å². The predicted molar refractivity (Wildman–Crippen MR) is 75.7 cm³/mol. The lowest BCUT2D eigenvalue weighted by Crippen LogP contribution is -2.16. The van der Waals surface area contributed by atoms with Crippen LogP contribution in [0.1, 0.15) is 31.9 Å². The summed E-state index contributed by atoms with van der Waals surface area (Å²) in [7, 11) is 0. The Morgan fingerprint density at radius 3 is 2.84 bits per heavy atom. The topological polar surface area (TPSA) is 47.7 Å². The van der Waals surface area contributed by atoms with E-state index in [2.05, 4.69) is 31.3 Å². The molecule has 0 aliphatic rings. The van der Waals surface area contributed by atoms with Crippen LogP contribution in [0, 0.1) is 0 Å². The quantitative estimate of drug-likeness (QED) is 0.703. The van der Waals surface area contributed by atoms with E-state index in [-0.39, 0.29) is 0 Å². The Labute approximate surface area is 114 Å². The number of aryl methyl sites for hydroxylation is 2. The number of nitrogens with zero attached hydrogens (tertiary/aromatic N) is 4. The number of unbranched alkanes of at least 4 members (excludes halogenated alkanes) is 1. The predicted octanol–water partition coefficient (Wildman–Crippen LogP) is 2.06. The average Bonchev–Trinajstić information content (AvgIpc) is 3.06. The Morgan fingerprint density at radius 2 is 2.05 bits per heavy atom. The molecule has 2 rings (SSSR count). The Morgan fingerprint density at radius 1 is 1.16 bits per heavy atom. The summed E-state index contributed by atoms with van der Waals surface area (Å²) in [5.74, 6) is 0. The summed E-state index contributed by atoms with van der Waals surface area (Å²) in [6.07, 6.45) is 13.1. The van der Waals surface area contributed by atoms with Crippen LogP contribution in [0.25, 0.3) is 0 Å². The third-order valence-electron chi connectivity index (χ3n) is 3.16. The van der Waals surface area contributed by atoms with E-state index in [1.807, 2.05) is 31.2 Å². The Bertz CT molecular complexity index is 446. The molecule has 1 N–H and O–H groups in total. The van der Waals surface area contributed by atoms with Crippen LogP contribution in [0.5, 0.6) is 0 Å². The fourth-order valence-corrected chi connectivity index (χ4v) is 2.09. The summed E-state index contributed by atoms with van der Waals surface area (Å²) in [5, 5.41) is 3.42. The molecule has 0 aliphatic carbocycles. The van der Waals surface area contributed by atoms with Crippen molar-refractivity contribution in [2.45, 2.75) is 45.8 Å². The van der Waals surface area contributed by atoms with Gasteiger partial charge in [-0.05, 0) is 25.8 Å². The first-order valence-electron chi connectivity index (χ1n) is 7.05. The second-order valence-electron chi connectivity index (χ2n) is 4.76. The lowest BCUT2D eigenvalue weighted by molar-refractivity contribution is 0.533. The van der Waals surface area contributed by atoms with Crippen LogP contribution in [0.2, 0.25) is 0 Å². The molecule has 0 spiro atoms. The first-order chi connectivity index (χ1) is 9.40. The van der Waals surface area contributed by atoms with Gasteiger partial charge in [0.1, 0.15) is 0 Å². The van der Waals surface area contributed by atoms with Gasteiger partial charge in [-0.2, -0.15) is 0 Å². The molecular formula is C14H23N5. The monoisotopic (exact) mass is 261 g/mol. The van der Waals surface area contributed by atoms with Crippen LogP contribution >= 0.6 is 0 Å². The smallest absolute Gasteiger partial charge is 0.0948 e. The zero-order valence-corrected chi connectivity index (χ0v) is 11.6. The normalized spacial score (nSPS) is 11.0. The molecule has 0 bridgehead atoms. The zero-order chi connectivity index (χ0) is 13.3. The van der Waals surface area contributed by atoms with Crippen LogP contribution in [-0.4, -0.2) is 25.6 Å². The first kappa shape index (κ1) is 13.8. The molecular weight excluding hydrogens is 238 g/mol. The van der Waals surface area contributed by atoms with Crippen molar-refractivity contribution in [1.29, 1.82) is 0 Å². The SMILES string of the molecule is CCCNCc1cncn1CCCCn1ccnc1. The van der Waals surface area contributed by atoms with E-state index in [1.165, 1.54) is 12.1 Å². The highest BCUT2D eigenvalue weighted by atomic mass is 15.1. The van der Waals surface area contributed by atoms with E-state index >= 15 is 0 Å². The summed E-state index contributed by atoms with van der Waals surface area (Å²) in [6.45, 7) is 6.23. The minimum absolute atomic E-state index is 0.912. The molecule has 5 nitrogen and oxygen atoms in total. The molecule has 0 amide bonds. The molecule has 2 aromatic rings. The highest BCUT2D eigenvalue weighted by Gasteiger charge is 2.01. The van der Waals surface area contributed by atoms with E-state index in [0.29, 0.717) is 0 Å². The summed E-state index contributed by atoms with van der Waals surface area (Å²) in [5.41, 5.74) is 1.27. The molecule has 0 saturated heterocycles. The second-order valence-corrected chi connectivity index (χ2v) is 4.76. The van der Waals surface area contributed by atoms with Crippen molar-refractivity contribution < 1.29 is 0 Å². The lowest BCUT2D eigenvalue weighted by Gasteiger charge is -2.09. The van der Waals surface area contributed by atoms with Crippen molar-refractivity contribution in [2.24, 2.45) is 0 Å². The fourth-order valence-electron chi connectivity index (χ4n) is 2.09. The fraction of sp³-hybridized carbons (Fsp3) is 0.571. The minimum atomic E-state index is 0.912. The molecule has 0 fully saturated rings. The molecule has 0 saturated carbocycles. The Balaban J connectivity index is 1.69. The van der Waals surface area contributed by atoms with Crippen molar-refractivity contribution in [3.63, 3.8) is 0 Å². The lowest BCUT2D eigenvalue weighted by atomic mass is 10.3. The number of aromatic nitrogens is 4. The van der Waals surface area contributed by atoms with Gasteiger partial charge < -0.3 is 14.5 Å². The van der Waals surface area contributed by atoms with Crippen molar-refractivity contribution in [2.75, 3.05) is 6.54 Å². The van der Waals surface area contributed by atoms with Gasteiger partial charge in [-0.3, -0.25) is 0 Å². The van der Waals surface area contributed by atoms with Gasteiger partial charge in [-0.25, -0.2) is 9.97 Å². The van der Waals surface area contributed by atoms with Gasteiger partial charge in [0, 0.05) is 38.2 Å². The molecule has 0 radical (unpaired) electrons. The molecule has 19 heavy (non-hydrogen) atoms. The largest absolute Gasteiger partial charge is 0.337 e. The van der Waals surface area contributed by atoms with Crippen molar-refractivity contribution in [1.82, 2.24) is 24.4 Å². The van der Waals surface area contributed by atoms with Crippen molar-refractivity contribution in [3.05, 3.63) is 36.9 Å². The summed E-state index contributed by atoms with van der Waals surface area (Å²) in [6, 6.07) is 0. The van der Waals surface area contributed by atoms with E-state index < -0.39 is 0 Å². The summed E-state index contributed by atoms with van der Waals surface area (Å²) >= 11 is 0. The molecule has 5 heteroatoms. The average molecular weight is 261 g/mol. The van der Waals surface area contributed by atoms with Gasteiger partial charge in [-0.1, -0.05) is 6.92 Å². The van der Waals surface area contributed by atoms with Gasteiger partial charge in [-0.15, -0.1) is 0 Å². The van der Waals surface area contributed by atoms with E-state index in [1.54, 1.807) is 0 Å². The molecule has 0 aromatic carbocycles. The third kappa shape index (κ3) is 4.52. The van der Waals surface area contributed by atoms with E-state index in [0.717, 1.165) is 39.0 Å². The maximum absolute atomic E-state index is 4.24. The maximum Gasteiger partial charge on any atom is 0.0948 e. The van der Waals surface area contributed by atoms with Crippen LogP contribution < -0.4 is 5.32 Å². The number of imidazole rings is 2. The summed E-state index contributed by atoms with van der Waals surface area (Å²) < 4.78 is 4.37. The van der Waals surface area contributed by atoms with Crippen LogP contribution in [0.4, 0.5) is 0 Å². The van der Waals surface area contributed by atoms with Gasteiger partial charge in [0.2, 0.25) is 0 Å². The van der Waals surface area contributed by atoms with Gasteiger partial charge in [0.25, 0.3) is 0 Å². The third-order valence-corrected chi connectivity index (χ3v) is 3.16. The van der Waals surface area contributed by atoms with Crippen LogP contribution in [0.3, 0.4) is 0 Å². The molecule has 104 valence electrons. The number of hydrogen-bond donors (Lipinski definition) is 1. The second kappa shape index (κ2) is 7.74. The first-order valence-corrected chi connectivity index (χ1v) is 7.05.